The van der Waals surface area contributed by atoms with E-state index in [1.807, 2.05) is 0 Å². The van der Waals surface area contributed by atoms with Gasteiger partial charge in [-0.2, -0.15) is 0 Å². The van der Waals surface area contributed by atoms with Crippen LogP contribution >= 0.6 is 0 Å². The van der Waals surface area contributed by atoms with E-state index in [-0.39, 0.29) is 0 Å². The molecule has 3 nitrogen and oxygen atoms in total. The molecule has 2 unspecified atom stereocenters. The number of amides is 1. The van der Waals surface area contributed by atoms with Crippen molar-refractivity contribution in [2.24, 2.45) is 23.0 Å². The Morgan fingerprint density at radius 3 is 2.55 bits per heavy atom. The molecule has 1 saturated heterocycles. The van der Waals surface area contributed by atoms with Gasteiger partial charge in [0.1, 0.15) is 0 Å². The van der Waals surface area contributed by atoms with Crippen LogP contribution in [0.5, 0.6) is 0 Å². The smallest absolute Gasteiger partial charge is 0.222 e. The summed E-state index contributed by atoms with van der Waals surface area (Å²) in [7, 11) is 0. The maximum absolute atomic E-state index is 12.3. The van der Waals surface area contributed by atoms with Crippen LogP contribution < -0.4 is 5.73 Å². The summed E-state index contributed by atoms with van der Waals surface area (Å²) in [5.41, 5.74) is 5.93. The number of carbonyl (C=O) groups is 1. The zero-order chi connectivity index (χ0) is 15.2. The van der Waals surface area contributed by atoms with Crippen LogP contribution in [0.3, 0.4) is 0 Å². The Hall–Kier alpha value is -0.570. The lowest BCUT2D eigenvalue weighted by atomic mass is 9.77. The predicted molar refractivity (Wildman–Crippen MR) is 85.4 cm³/mol. The molecule has 0 radical (unpaired) electrons. The molecule has 1 heterocycles. The van der Waals surface area contributed by atoms with Crippen molar-refractivity contribution in [1.82, 2.24) is 4.90 Å². The Balaban J connectivity index is 2.38. The van der Waals surface area contributed by atoms with Crippen LogP contribution in [0.4, 0.5) is 0 Å². The van der Waals surface area contributed by atoms with Crippen molar-refractivity contribution in [3.05, 3.63) is 0 Å². The molecule has 1 fully saturated rings. The third kappa shape index (κ3) is 5.82. The maximum atomic E-state index is 12.3. The molecule has 1 amide bonds. The second-order valence-electron chi connectivity index (χ2n) is 7.60. The standard InChI is InChI=1S/C17H34N2O/c1-14(9-11-18)7-8-16(20)19-12-5-6-15(10-13-19)17(2,3)4/h14-15H,5-13,18H2,1-4H3. The van der Waals surface area contributed by atoms with E-state index in [0.29, 0.717) is 23.7 Å². The van der Waals surface area contributed by atoms with Crippen molar-refractivity contribution in [1.29, 1.82) is 0 Å². The van der Waals surface area contributed by atoms with E-state index in [1.165, 1.54) is 6.42 Å². The number of rotatable bonds is 5. The Kier molecular flexibility index (Phi) is 7.01. The van der Waals surface area contributed by atoms with E-state index in [4.69, 9.17) is 5.73 Å². The van der Waals surface area contributed by atoms with Gasteiger partial charge in [-0.3, -0.25) is 4.79 Å². The van der Waals surface area contributed by atoms with Gasteiger partial charge in [0, 0.05) is 19.5 Å². The van der Waals surface area contributed by atoms with Crippen LogP contribution in [0.15, 0.2) is 0 Å². The molecule has 0 aliphatic carbocycles. The molecule has 0 aromatic carbocycles. The summed E-state index contributed by atoms with van der Waals surface area (Å²) in [6.07, 6.45) is 6.28. The van der Waals surface area contributed by atoms with Crippen molar-refractivity contribution in [2.75, 3.05) is 19.6 Å². The lowest BCUT2D eigenvalue weighted by Crippen LogP contribution is -2.32. The molecule has 118 valence electrons. The molecular formula is C17H34N2O. The highest BCUT2D eigenvalue weighted by Crippen LogP contribution is 2.34. The quantitative estimate of drug-likeness (QED) is 0.839. The number of nitrogens with two attached hydrogens (primary N) is 1. The highest BCUT2D eigenvalue weighted by atomic mass is 16.2. The summed E-state index contributed by atoms with van der Waals surface area (Å²) in [6, 6.07) is 0. The minimum Gasteiger partial charge on any atom is -0.343 e. The number of carbonyl (C=O) groups excluding carboxylic acids is 1. The summed E-state index contributed by atoms with van der Waals surface area (Å²) in [6.45, 7) is 11.8. The largest absolute Gasteiger partial charge is 0.343 e. The summed E-state index contributed by atoms with van der Waals surface area (Å²) in [5.74, 6) is 1.66. The first kappa shape index (κ1) is 17.5. The van der Waals surface area contributed by atoms with Gasteiger partial charge in [-0.15, -0.1) is 0 Å². The van der Waals surface area contributed by atoms with Crippen LogP contribution in [0.2, 0.25) is 0 Å². The number of hydrogen-bond acceptors (Lipinski definition) is 2. The van der Waals surface area contributed by atoms with E-state index in [1.54, 1.807) is 0 Å². The van der Waals surface area contributed by atoms with E-state index in [0.717, 1.165) is 51.2 Å². The molecule has 1 aliphatic heterocycles. The SMILES string of the molecule is CC(CCN)CCC(=O)N1CCCC(C(C)(C)C)CC1. The molecule has 0 saturated carbocycles. The maximum Gasteiger partial charge on any atom is 0.222 e. The van der Waals surface area contributed by atoms with Gasteiger partial charge in [-0.25, -0.2) is 0 Å². The van der Waals surface area contributed by atoms with Gasteiger partial charge in [0.2, 0.25) is 5.91 Å². The highest BCUT2D eigenvalue weighted by Gasteiger charge is 2.28. The van der Waals surface area contributed by atoms with E-state index < -0.39 is 0 Å². The first-order valence-electron chi connectivity index (χ1n) is 8.32. The van der Waals surface area contributed by atoms with Gasteiger partial charge in [-0.05, 0) is 55.9 Å². The molecule has 2 N–H and O–H groups in total. The van der Waals surface area contributed by atoms with Gasteiger partial charge in [0.15, 0.2) is 0 Å². The normalized spacial score (nSPS) is 22.4. The molecule has 1 aliphatic rings. The summed E-state index contributed by atoms with van der Waals surface area (Å²) in [4.78, 5) is 14.4. The van der Waals surface area contributed by atoms with Crippen molar-refractivity contribution < 1.29 is 4.79 Å². The topological polar surface area (TPSA) is 46.3 Å². The fourth-order valence-corrected chi connectivity index (χ4v) is 3.17. The Labute approximate surface area is 125 Å². The molecule has 0 spiro atoms. The van der Waals surface area contributed by atoms with Crippen molar-refractivity contribution in [3.63, 3.8) is 0 Å². The average molecular weight is 282 g/mol. The van der Waals surface area contributed by atoms with Gasteiger partial charge in [0.05, 0.1) is 0 Å². The van der Waals surface area contributed by atoms with Crippen molar-refractivity contribution >= 4 is 5.91 Å². The minimum atomic E-state index is 0.350. The molecule has 2 atom stereocenters. The molecule has 0 aromatic heterocycles. The van der Waals surface area contributed by atoms with E-state index in [2.05, 4.69) is 32.6 Å². The fraction of sp³-hybridized carbons (Fsp3) is 0.941. The lowest BCUT2D eigenvalue weighted by molar-refractivity contribution is -0.131. The van der Waals surface area contributed by atoms with Crippen LogP contribution in [0, 0.1) is 17.3 Å². The van der Waals surface area contributed by atoms with Crippen LogP contribution in [-0.2, 0) is 4.79 Å². The van der Waals surface area contributed by atoms with Gasteiger partial charge in [0.25, 0.3) is 0 Å². The van der Waals surface area contributed by atoms with Crippen LogP contribution in [-0.4, -0.2) is 30.4 Å². The monoisotopic (exact) mass is 282 g/mol. The predicted octanol–water partition coefficient (Wildman–Crippen LogP) is 3.43. The molecule has 0 bridgehead atoms. The van der Waals surface area contributed by atoms with Gasteiger partial charge < -0.3 is 10.6 Å². The average Bonchev–Trinajstić information content (AvgIpc) is 2.61. The second-order valence-corrected chi connectivity index (χ2v) is 7.60. The van der Waals surface area contributed by atoms with Crippen LogP contribution in [0.25, 0.3) is 0 Å². The molecule has 3 heteroatoms. The first-order valence-corrected chi connectivity index (χ1v) is 8.32. The number of hydrogen-bond donors (Lipinski definition) is 1. The number of nitrogens with zero attached hydrogens (tertiary/aromatic N) is 1. The lowest BCUT2D eigenvalue weighted by Gasteiger charge is -2.29. The van der Waals surface area contributed by atoms with Gasteiger partial charge in [-0.1, -0.05) is 27.7 Å². The highest BCUT2D eigenvalue weighted by molar-refractivity contribution is 5.76. The summed E-state index contributed by atoms with van der Waals surface area (Å²) < 4.78 is 0. The summed E-state index contributed by atoms with van der Waals surface area (Å²) >= 11 is 0. The Morgan fingerprint density at radius 1 is 1.25 bits per heavy atom. The van der Waals surface area contributed by atoms with E-state index >= 15 is 0 Å². The zero-order valence-corrected chi connectivity index (χ0v) is 14.0. The summed E-state index contributed by atoms with van der Waals surface area (Å²) in [5, 5.41) is 0. The van der Waals surface area contributed by atoms with Crippen molar-refractivity contribution in [2.45, 2.75) is 66.2 Å². The fourth-order valence-electron chi connectivity index (χ4n) is 3.17. The molecular weight excluding hydrogens is 248 g/mol. The molecule has 1 rings (SSSR count). The van der Waals surface area contributed by atoms with Crippen LogP contribution in [0.1, 0.15) is 66.2 Å². The minimum absolute atomic E-state index is 0.350. The third-order valence-corrected chi connectivity index (χ3v) is 4.82. The third-order valence-electron chi connectivity index (χ3n) is 4.82. The van der Waals surface area contributed by atoms with E-state index in [9.17, 15) is 4.79 Å². The molecule has 20 heavy (non-hydrogen) atoms. The second kappa shape index (κ2) is 8.02. The zero-order valence-electron chi connectivity index (χ0n) is 14.0. The van der Waals surface area contributed by atoms with Crippen molar-refractivity contribution in [3.8, 4) is 0 Å². The first-order chi connectivity index (χ1) is 9.34. The van der Waals surface area contributed by atoms with Gasteiger partial charge >= 0.3 is 0 Å². The molecule has 0 aromatic rings. The Morgan fingerprint density at radius 2 is 1.95 bits per heavy atom. The Bertz CT molecular complexity index is 296. The number of likely N-dealkylation sites (tertiary alicyclic amines) is 1.